The summed E-state index contributed by atoms with van der Waals surface area (Å²) >= 11 is 0. The van der Waals surface area contributed by atoms with Gasteiger partial charge in [0.1, 0.15) is 17.5 Å². The van der Waals surface area contributed by atoms with Gasteiger partial charge in [-0.15, -0.1) is 0 Å². The van der Waals surface area contributed by atoms with E-state index in [9.17, 15) is 13.6 Å². The van der Waals surface area contributed by atoms with Gasteiger partial charge >= 0.3 is 5.97 Å². The molecule has 0 amide bonds. The van der Waals surface area contributed by atoms with E-state index in [4.69, 9.17) is 4.74 Å². The molecule has 0 radical (unpaired) electrons. The Bertz CT molecular complexity index is 897. The number of ether oxygens (including phenoxy) is 1. The van der Waals surface area contributed by atoms with Crippen LogP contribution in [0.4, 0.5) is 20.3 Å². The van der Waals surface area contributed by atoms with Crippen molar-refractivity contribution in [1.29, 1.82) is 0 Å². The van der Waals surface area contributed by atoms with E-state index >= 15 is 0 Å². The van der Waals surface area contributed by atoms with Crippen molar-refractivity contribution in [2.45, 2.75) is 0 Å². The Morgan fingerprint density at radius 3 is 2.57 bits per heavy atom. The van der Waals surface area contributed by atoms with Crippen molar-refractivity contribution in [3.8, 4) is 0 Å². The zero-order chi connectivity index (χ0) is 16.4. The normalized spacial score (nSPS) is 10.6. The lowest BCUT2D eigenvalue weighted by molar-refractivity contribution is 0.0602. The molecule has 2 aromatic carbocycles. The Hall–Kier alpha value is -3.02. The maximum absolute atomic E-state index is 13.8. The largest absolute Gasteiger partial charge is 0.465 e. The predicted octanol–water partition coefficient (Wildman–Crippen LogP) is 4.04. The van der Waals surface area contributed by atoms with Gasteiger partial charge in [0.25, 0.3) is 0 Å². The Morgan fingerprint density at radius 2 is 1.87 bits per heavy atom. The van der Waals surface area contributed by atoms with Crippen molar-refractivity contribution in [2.75, 3.05) is 12.4 Å². The molecular formula is C17H12F2N2O2. The first-order valence-electron chi connectivity index (χ1n) is 6.78. The third-order valence-electron chi connectivity index (χ3n) is 3.38. The molecule has 4 nitrogen and oxygen atoms in total. The van der Waals surface area contributed by atoms with Crippen LogP contribution >= 0.6 is 0 Å². The van der Waals surface area contributed by atoms with E-state index in [1.807, 2.05) is 0 Å². The van der Waals surface area contributed by atoms with Crippen LogP contribution in [0.5, 0.6) is 0 Å². The van der Waals surface area contributed by atoms with Crippen LogP contribution < -0.4 is 5.32 Å². The molecule has 0 bridgehead atoms. The molecule has 6 heteroatoms. The van der Waals surface area contributed by atoms with Gasteiger partial charge in [0, 0.05) is 23.0 Å². The fourth-order valence-corrected chi connectivity index (χ4v) is 2.28. The van der Waals surface area contributed by atoms with E-state index in [-0.39, 0.29) is 5.69 Å². The molecule has 0 fully saturated rings. The molecule has 0 unspecified atom stereocenters. The second-order valence-electron chi connectivity index (χ2n) is 4.81. The molecule has 0 atom stereocenters. The zero-order valence-electron chi connectivity index (χ0n) is 12.1. The summed E-state index contributed by atoms with van der Waals surface area (Å²) in [5, 5.41) is 4.07. The van der Waals surface area contributed by atoms with Crippen LogP contribution in [0.15, 0.2) is 48.7 Å². The fraction of sp³-hybridized carbons (Fsp3) is 0.0588. The minimum Gasteiger partial charge on any atom is -0.465 e. The van der Waals surface area contributed by atoms with Crippen LogP contribution in [-0.4, -0.2) is 18.1 Å². The van der Waals surface area contributed by atoms with E-state index in [1.165, 1.54) is 19.4 Å². The highest BCUT2D eigenvalue weighted by atomic mass is 19.1. The molecule has 1 N–H and O–H groups in total. The number of fused-ring (bicyclic) bond motifs is 1. The van der Waals surface area contributed by atoms with Crippen molar-refractivity contribution >= 4 is 28.2 Å². The van der Waals surface area contributed by atoms with Crippen molar-refractivity contribution in [2.24, 2.45) is 0 Å². The quantitative estimate of drug-likeness (QED) is 0.741. The van der Waals surface area contributed by atoms with Gasteiger partial charge in [0.15, 0.2) is 0 Å². The molecule has 0 aliphatic heterocycles. The van der Waals surface area contributed by atoms with E-state index in [0.717, 1.165) is 12.1 Å². The number of pyridine rings is 1. The highest BCUT2D eigenvalue weighted by molar-refractivity contribution is 6.07. The molecule has 0 spiro atoms. The lowest BCUT2D eigenvalue weighted by Crippen LogP contribution is -2.05. The predicted molar refractivity (Wildman–Crippen MR) is 82.7 cm³/mol. The van der Waals surface area contributed by atoms with Gasteiger partial charge in [-0.1, -0.05) is 24.3 Å². The van der Waals surface area contributed by atoms with Crippen LogP contribution in [-0.2, 0) is 4.74 Å². The number of hydrogen-bond acceptors (Lipinski definition) is 4. The van der Waals surface area contributed by atoms with Gasteiger partial charge in [-0.2, -0.15) is 0 Å². The number of carbonyl (C=O) groups is 1. The van der Waals surface area contributed by atoms with E-state index in [1.54, 1.807) is 24.3 Å². The van der Waals surface area contributed by atoms with Gasteiger partial charge in [0.05, 0.1) is 18.4 Å². The zero-order valence-corrected chi connectivity index (χ0v) is 12.1. The monoisotopic (exact) mass is 314 g/mol. The van der Waals surface area contributed by atoms with Crippen LogP contribution in [0.25, 0.3) is 10.8 Å². The number of carbonyl (C=O) groups excluding carboxylic acids is 1. The summed E-state index contributed by atoms with van der Waals surface area (Å²) in [5.74, 6) is -1.54. The number of esters is 1. The molecule has 1 aromatic heterocycles. The number of aromatic nitrogens is 1. The number of benzene rings is 2. The lowest BCUT2D eigenvalue weighted by Gasteiger charge is -2.11. The minimum atomic E-state index is -0.729. The second kappa shape index (κ2) is 6.00. The summed E-state index contributed by atoms with van der Waals surface area (Å²) in [6.07, 6.45) is 1.36. The number of halogens is 2. The third-order valence-corrected chi connectivity index (χ3v) is 3.38. The molecule has 1 heterocycles. The summed E-state index contributed by atoms with van der Waals surface area (Å²) in [7, 11) is 1.29. The molecule has 0 saturated carbocycles. The molecule has 0 aliphatic rings. The van der Waals surface area contributed by atoms with Gasteiger partial charge in [-0.25, -0.2) is 18.6 Å². The third kappa shape index (κ3) is 2.83. The molecule has 3 aromatic rings. The Labute approximate surface area is 130 Å². The minimum absolute atomic E-state index is 0.0925. The highest BCUT2D eigenvalue weighted by Gasteiger charge is 2.14. The standard InChI is InChI=1S/C17H12F2N2O2/c1-23-17(22)13-9-20-16(12-5-3-2-4-11(12)13)21-15-7-6-10(18)8-14(15)19/h2-9H,1H3,(H,20,21). The molecule has 0 aliphatic carbocycles. The van der Waals surface area contributed by atoms with Crippen molar-refractivity contribution < 1.29 is 18.3 Å². The number of rotatable bonds is 3. The number of nitrogens with zero attached hydrogens (tertiary/aromatic N) is 1. The molecule has 23 heavy (non-hydrogen) atoms. The van der Waals surface area contributed by atoms with Crippen LogP contribution in [0.1, 0.15) is 10.4 Å². The van der Waals surface area contributed by atoms with Crippen LogP contribution in [0, 0.1) is 11.6 Å². The van der Waals surface area contributed by atoms with Crippen LogP contribution in [0.2, 0.25) is 0 Å². The first-order valence-corrected chi connectivity index (χ1v) is 6.78. The Morgan fingerprint density at radius 1 is 1.13 bits per heavy atom. The summed E-state index contributed by atoms with van der Waals surface area (Å²) in [5.41, 5.74) is 0.406. The summed E-state index contributed by atoms with van der Waals surface area (Å²) in [4.78, 5) is 16.0. The van der Waals surface area contributed by atoms with Crippen molar-refractivity contribution in [3.63, 3.8) is 0 Å². The maximum atomic E-state index is 13.8. The van der Waals surface area contributed by atoms with Crippen molar-refractivity contribution in [1.82, 2.24) is 4.98 Å². The van der Waals surface area contributed by atoms with Gasteiger partial charge in [-0.3, -0.25) is 0 Å². The van der Waals surface area contributed by atoms with E-state index in [0.29, 0.717) is 22.2 Å². The number of methoxy groups -OCH3 is 1. The van der Waals surface area contributed by atoms with Gasteiger partial charge in [0.2, 0.25) is 0 Å². The number of anilines is 2. The molecule has 3 rings (SSSR count). The highest BCUT2D eigenvalue weighted by Crippen LogP contribution is 2.28. The maximum Gasteiger partial charge on any atom is 0.340 e. The number of hydrogen-bond donors (Lipinski definition) is 1. The van der Waals surface area contributed by atoms with Gasteiger partial charge < -0.3 is 10.1 Å². The summed E-state index contributed by atoms with van der Waals surface area (Å²) in [6, 6.07) is 10.3. The SMILES string of the molecule is COC(=O)c1cnc(Nc2ccc(F)cc2F)c2ccccc12. The fourth-order valence-electron chi connectivity index (χ4n) is 2.28. The Kier molecular flexibility index (Phi) is 3.89. The van der Waals surface area contributed by atoms with E-state index in [2.05, 4.69) is 10.3 Å². The van der Waals surface area contributed by atoms with Gasteiger partial charge in [-0.05, 0) is 12.1 Å². The van der Waals surface area contributed by atoms with Crippen molar-refractivity contribution in [3.05, 3.63) is 65.9 Å². The average Bonchev–Trinajstić information content (AvgIpc) is 2.57. The van der Waals surface area contributed by atoms with Crippen LogP contribution in [0.3, 0.4) is 0 Å². The summed E-state index contributed by atoms with van der Waals surface area (Å²) < 4.78 is 31.5. The molecular weight excluding hydrogens is 302 g/mol. The first-order chi connectivity index (χ1) is 11.1. The second-order valence-corrected chi connectivity index (χ2v) is 4.81. The summed E-state index contributed by atoms with van der Waals surface area (Å²) in [6.45, 7) is 0. The lowest BCUT2D eigenvalue weighted by atomic mass is 10.1. The number of nitrogens with one attached hydrogen (secondary N) is 1. The average molecular weight is 314 g/mol. The molecule has 116 valence electrons. The molecule has 0 saturated heterocycles. The first kappa shape index (κ1) is 14.9. The Balaban J connectivity index is 2.10. The van der Waals surface area contributed by atoms with E-state index < -0.39 is 17.6 Å². The topological polar surface area (TPSA) is 51.2 Å². The smallest absolute Gasteiger partial charge is 0.340 e.